The van der Waals surface area contributed by atoms with E-state index in [4.69, 9.17) is 9.84 Å². The molecule has 0 aliphatic carbocycles. The van der Waals surface area contributed by atoms with Crippen LogP contribution in [0.3, 0.4) is 0 Å². The zero-order valence-electron chi connectivity index (χ0n) is 12.2. The summed E-state index contributed by atoms with van der Waals surface area (Å²) in [6, 6.07) is 1.89. The van der Waals surface area contributed by atoms with E-state index in [0.29, 0.717) is 13.2 Å². The molecule has 1 fully saturated rings. The molecule has 5 nitrogen and oxygen atoms in total. The van der Waals surface area contributed by atoms with E-state index in [0.717, 1.165) is 29.4 Å². The monoisotopic (exact) mass is 309 g/mol. The molecule has 0 saturated carbocycles. The minimum atomic E-state index is -0.971. The minimum absolute atomic E-state index is 0.00368. The maximum absolute atomic E-state index is 12.4. The summed E-state index contributed by atoms with van der Waals surface area (Å²) in [5.41, 5.74) is 0.138. The number of hydrogen-bond donors (Lipinski definition) is 1. The first kappa shape index (κ1) is 15.7. The first-order chi connectivity index (χ1) is 9.90. The Morgan fingerprint density at radius 1 is 1.57 bits per heavy atom. The standard InChI is InChI=1S/C15H19NO4S/c1-15(6-3-7-20-15)14(19)16(2)9-12-8-11(10-21-12)4-5-13(17)18/h4-5,8,10H,3,6-7,9H2,1-2H3,(H,17,18)/b5-4+. The minimum Gasteiger partial charge on any atom is -0.478 e. The molecule has 114 valence electrons. The molecule has 2 heterocycles. The van der Waals surface area contributed by atoms with Crippen molar-refractivity contribution in [2.24, 2.45) is 0 Å². The normalized spacial score (nSPS) is 21.8. The maximum atomic E-state index is 12.4. The molecule has 1 aliphatic heterocycles. The van der Waals surface area contributed by atoms with Gasteiger partial charge in [-0.05, 0) is 42.9 Å². The van der Waals surface area contributed by atoms with Crippen molar-refractivity contribution in [2.45, 2.75) is 31.9 Å². The lowest BCUT2D eigenvalue weighted by molar-refractivity contribution is -0.150. The number of carboxylic acids is 1. The molecule has 1 amide bonds. The third-order valence-corrected chi connectivity index (χ3v) is 4.44. The van der Waals surface area contributed by atoms with Gasteiger partial charge in [0.05, 0.1) is 6.54 Å². The quantitative estimate of drug-likeness (QED) is 0.848. The van der Waals surface area contributed by atoms with Gasteiger partial charge >= 0.3 is 5.97 Å². The molecule has 21 heavy (non-hydrogen) atoms. The SMILES string of the molecule is CN(Cc1cc(/C=C/C(=O)O)cs1)C(=O)C1(C)CCCO1. The van der Waals surface area contributed by atoms with Crippen molar-refractivity contribution in [3.8, 4) is 0 Å². The van der Waals surface area contributed by atoms with E-state index >= 15 is 0 Å². The van der Waals surface area contributed by atoms with Crippen LogP contribution in [0.25, 0.3) is 6.08 Å². The van der Waals surface area contributed by atoms with Crippen molar-refractivity contribution in [2.75, 3.05) is 13.7 Å². The highest BCUT2D eigenvalue weighted by molar-refractivity contribution is 7.10. The molecule has 1 aromatic rings. The summed E-state index contributed by atoms with van der Waals surface area (Å²) in [5.74, 6) is -0.975. The van der Waals surface area contributed by atoms with Gasteiger partial charge in [0, 0.05) is 24.6 Å². The lowest BCUT2D eigenvalue weighted by Gasteiger charge is -2.27. The lowest BCUT2D eigenvalue weighted by atomic mass is 10.0. The van der Waals surface area contributed by atoms with Gasteiger partial charge in [-0.1, -0.05) is 0 Å². The van der Waals surface area contributed by atoms with Crippen molar-refractivity contribution < 1.29 is 19.4 Å². The summed E-state index contributed by atoms with van der Waals surface area (Å²) in [5, 5.41) is 10.5. The molecule has 2 rings (SSSR count). The summed E-state index contributed by atoms with van der Waals surface area (Å²) >= 11 is 1.51. The highest BCUT2D eigenvalue weighted by Gasteiger charge is 2.39. The highest BCUT2D eigenvalue weighted by atomic mass is 32.1. The molecule has 1 N–H and O–H groups in total. The number of carbonyl (C=O) groups is 2. The smallest absolute Gasteiger partial charge is 0.328 e. The van der Waals surface area contributed by atoms with Gasteiger partial charge in [0.2, 0.25) is 0 Å². The van der Waals surface area contributed by atoms with E-state index in [9.17, 15) is 9.59 Å². The Labute approximate surface area is 127 Å². The Hall–Kier alpha value is -1.66. The van der Waals surface area contributed by atoms with Gasteiger partial charge in [-0.25, -0.2) is 4.79 Å². The number of amides is 1. The fourth-order valence-corrected chi connectivity index (χ4v) is 3.30. The molecule has 0 aromatic carbocycles. The van der Waals surface area contributed by atoms with Gasteiger partial charge in [-0.3, -0.25) is 4.79 Å². The molecule has 0 bridgehead atoms. The molecule has 0 spiro atoms. The summed E-state index contributed by atoms with van der Waals surface area (Å²) in [7, 11) is 1.77. The second-order valence-corrected chi connectivity index (χ2v) is 6.36. The van der Waals surface area contributed by atoms with E-state index in [-0.39, 0.29) is 5.91 Å². The van der Waals surface area contributed by atoms with E-state index in [1.54, 1.807) is 18.0 Å². The number of carboxylic acid groups (broad SMARTS) is 1. The Morgan fingerprint density at radius 3 is 2.95 bits per heavy atom. The molecule has 6 heteroatoms. The molecular weight excluding hydrogens is 290 g/mol. The predicted molar refractivity (Wildman–Crippen MR) is 81.1 cm³/mol. The van der Waals surface area contributed by atoms with Gasteiger partial charge in [0.15, 0.2) is 0 Å². The third kappa shape index (κ3) is 3.92. The van der Waals surface area contributed by atoms with Crippen molar-refractivity contribution >= 4 is 29.3 Å². The summed E-state index contributed by atoms with van der Waals surface area (Å²) in [6.07, 6.45) is 4.33. The second kappa shape index (κ2) is 6.41. The van der Waals surface area contributed by atoms with E-state index in [1.165, 1.54) is 11.3 Å². The average Bonchev–Trinajstić information content (AvgIpc) is 3.05. The Morgan fingerprint density at radius 2 is 2.33 bits per heavy atom. The number of nitrogens with zero attached hydrogens (tertiary/aromatic N) is 1. The molecular formula is C15H19NO4S. The number of thiophene rings is 1. The van der Waals surface area contributed by atoms with Gasteiger partial charge < -0.3 is 14.7 Å². The van der Waals surface area contributed by atoms with Gasteiger partial charge in [-0.2, -0.15) is 0 Å². The number of aliphatic carboxylic acids is 1. The van der Waals surface area contributed by atoms with Gasteiger partial charge in [-0.15, -0.1) is 11.3 Å². The van der Waals surface area contributed by atoms with Crippen LogP contribution >= 0.6 is 11.3 Å². The van der Waals surface area contributed by atoms with Crippen LogP contribution in [0.1, 0.15) is 30.2 Å². The largest absolute Gasteiger partial charge is 0.478 e. The molecule has 1 unspecified atom stereocenters. The Kier molecular flexibility index (Phi) is 4.80. The Bertz CT molecular complexity index is 558. The van der Waals surface area contributed by atoms with Crippen LogP contribution in [-0.2, 0) is 20.9 Å². The number of likely N-dealkylation sites (N-methyl/N-ethyl adjacent to an activating group) is 1. The topological polar surface area (TPSA) is 66.8 Å². The molecule has 1 aliphatic rings. The summed E-state index contributed by atoms with van der Waals surface area (Å²) < 4.78 is 5.57. The number of hydrogen-bond acceptors (Lipinski definition) is 4. The van der Waals surface area contributed by atoms with Gasteiger partial charge in [0.1, 0.15) is 5.60 Å². The summed E-state index contributed by atoms with van der Waals surface area (Å²) in [6.45, 7) is 2.98. The van der Waals surface area contributed by atoms with Crippen LogP contribution in [0, 0.1) is 0 Å². The van der Waals surface area contributed by atoms with Gasteiger partial charge in [0.25, 0.3) is 5.91 Å². The zero-order valence-corrected chi connectivity index (χ0v) is 13.0. The average molecular weight is 309 g/mol. The molecule has 1 atom stereocenters. The maximum Gasteiger partial charge on any atom is 0.328 e. The van der Waals surface area contributed by atoms with Crippen molar-refractivity contribution in [3.63, 3.8) is 0 Å². The summed E-state index contributed by atoms with van der Waals surface area (Å²) in [4.78, 5) is 25.6. The van der Waals surface area contributed by atoms with Crippen LogP contribution in [0.5, 0.6) is 0 Å². The second-order valence-electron chi connectivity index (χ2n) is 5.36. The number of rotatable bonds is 5. The number of carbonyl (C=O) groups excluding carboxylic acids is 1. The third-order valence-electron chi connectivity index (χ3n) is 3.50. The van der Waals surface area contributed by atoms with E-state index in [1.807, 2.05) is 18.4 Å². The number of ether oxygens (including phenoxy) is 1. The van der Waals surface area contributed by atoms with E-state index in [2.05, 4.69) is 0 Å². The Balaban J connectivity index is 1.98. The van der Waals surface area contributed by atoms with Crippen LogP contribution in [-0.4, -0.2) is 41.1 Å². The molecule has 1 saturated heterocycles. The first-order valence-electron chi connectivity index (χ1n) is 6.79. The van der Waals surface area contributed by atoms with Crippen LogP contribution < -0.4 is 0 Å². The van der Waals surface area contributed by atoms with E-state index < -0.39 is 11.6 Å². The van der Waals surface area contributed by atoms with Crippen LogP contribution in [0.2, 0.25) is 0 Å². The molecule has 0 radical (unpaired) electrons. The fourth-order valence-electron chi connectivity index (χ4n) is 2.39. The van der Waals surface area contributed by atoms with Crippen LogP contribution in [0.15, 0.2) is 17.5 Å². The highest BCUT2D eigenvalue weighted by Crippen LogP contribution is 2.28. The molecule has 1 aromatic heterocycles. The predicted octanol–water partition coefficient (Wildman–Crippen LogP) is 2.37. The van der Waals surface area contributed by atoms with Crippen molar-refractivity contribution in [1.82, 2.24) is 4.90 Å². The van der Waals surface area contributed by atoms with Crippen molar-refractivity contribution in [1.29, 1.82) is 0 Å². The zero-order chi connectivity index (χ0) is 15.5. The van der Waals surface area contributed by atoms with Crippen molar-refractivity contribution in [3.05, 3.63) is 28.0 Å². The van der Waals surface area contributed by atoms with Crippen LogP contribution in [0.4, 0.5) is 0 Å². The lowest BCUT2D eigenvalue weighted by Crippen LogP contribution is -2.44. The fraction of sp³-hybridized carbons (Fsp3) is 0.467. The first-order valence-corrected chi connectivity index (χ1v) is 7.66.